The molecule has 0 saturated carbocycles. The summed E-state index contributed by atoms with van der Waals surface area (Å²) in [5.41, 5.74) is 3.88. The summed E-state index contributed by atoms with van der Waals surface area (Å²) in [7, 11) is 3.90. The molecule has 0 amide bonds. The number of carbonyl (C=O) groups excluding carboxylic acids is 1. The molecule has 1 unspecified atom stereocenters. The predicted molar refractivity (Wildman–Crippen MR) is 102 cm³/mol. The third-order valence-corrected chi connectivity index (χ3v) is 5.12. The summed E-state index contributed by atoms with van der Waals surface area (Å²) in [5, 5.41) is 3.14. The average molecular weight is 328 g/mol. The van der Waals surface area contributed by atoms with E-state index in [-0.39, 0.29) is 5.78 Å². The van der Waals surface area contributed by atoms with Gasteiger partial charge >= 0.3 is 0 Å². The molecule has 25 heavy (non-hydrogen) atoms. The zero-order valence-corrected chi connectivity index (χ0v) is 14.4. The lowest BCUT2D eigenvalue weighted by Gasteiger charge is -2.37. The number of likely N-dealkylation sites (N-methyl/N-ethyl adjacent to an activating group) is 1. The molecule has 3 aromatic carbocycles. The van der Waals surface area contributed by atoms with Gasteiger partial charge in [0.2, 0.25) is 0 Å². The molecule has 0 saturated heterocycles. The second-order valence-corrected chi connectivity index (χ2v) is 6.31. The highest BCUT2D eigenvalue weighted by Gasteiger charge is 2.52. The van der Waals surface area contributed by atoms with E-state index in [9.17, 15) is 4.79 Å². The first-order chi connectivity index (χ1) is 12.2. The summed E-state index contributed by atoms with van der Waals surface area (Å²) >= 11 is 0. The Balaban J connectivity index is 2.00. The van der Waals surface area contributed by atoms with Crippen molar-refractivity contribution in [2.24, 2.45) is 0 Å². The third-order valence-electron chi connectivity index (χ3n) is 5.12. The minimum atomic E-state index is -0.836. The molecule has 0 aromatic heterocycles. The van der Waals surface area contributed by atoms with E-state index in [0.29, 0.717) is 0 Å². The van der Waals surface area contributed by atoms with Crippen LogP contribution in [0.25, 0.3) is 0 Å². The normalized spacial score (nSPS) is 19.0. The highest BCUT2D eigenvalue weighted by atomic mass is 16.1. The summed E-state index contributed by atoms with van der Waals surface area (Å²) < 4.78 is 0. The van der Waals surface area contributed by atoms with E-state index >= 15 is 0 Å². The number of rotatable bonds is 3. The number of hydrogen-bond donors (Lipinski definition) is 1. The van der Waals surface area contributed by atoms with Crippen LogP contribution in [0.3, 0.4) is 0 Å². The van der Waals surface area contributed by atoms with Crippen LogP contribution in [0.1, 0.15) is 21.5 Å². The van der Waals surface area contributed by atoms with E-state index in [1.165, 1.54) is 0 Å². The van der Waals surface area contributed by atoms with Crippen molar-refractivity contribution in [3.63, 3.8) is 0 Å². The van der Waals surface area contributed by atoms with E-state index in [1.54, 1.807) is 0 Å². The Morgan fingerprint density at radius 2 is 1.40 bits per heavy atom. The number of carbonyl (C=O) groups is 1. The Morgan fingerprint density at radius 1 is 0.800 bits per heavy atom. The predicted octanol–water partition coefficient (Wildman–Crippen LogP) is 4.30. The first kappa shape index (κ1) is 15.5. The highest BCUT2D eigenvalue weighted by molar-refractivity contribution is 6.16. The molecule has 1 N–H and O–H groups in total. The number of nitrogens with zero attached hydrogens (tertiary/aromatic N) is 1. The van der Waals surface area contributed by atoms with E-state index in [0.717, 1.165) is 28.1 Å². The molecule has 124 valence electrons. The van der Waals surface area contributed by atoms with Crippen LogP contribution < -0.4 is 10.2 Å². The molecule has 0 spiro atoms. The molecule has 1 aliphatic rings. The van der Waals surface area contributed by atoms with Crippen molar-refractivity contribution in [3.05, 3.63) is 95.6 Å². The standard InChI is InChI=1S/C22H20N2O/c1-23-18-14-12-17(13-15-18)22(16-8-4-3-5-9-16)21(25)19-10-6-7-11-20(19)24(22)2/h3-15,23H,1-2H3. The van der Waals surface area contributed by atoms with Crippen molar-refractivity contribution in [1.29, 1.82) is 0 Å². The Morgan fingerprint density at radius 3 is 2.04 bits per heavy atom. The smallest absolute Gasteiger partial charge is 0.199 e. The summed E-state index contributed by atoms with van der Waals surface area (Å²) in [6.45, 7) is 0. The fourth-order valence-electron chi connectivity index (χ4n) is 3.86. The van der Waals surface area contributed by atoms with Gasteiger partial charge < -0.3 is 10.2 Å². The van der Waals surface area contributed by atoms with Gasteiger partial charge in [-0.2, -0.15) is 0 Å². The van der Waals surface area contributed by atoms with Crippen molar-refractivity contribution in [3.8, 4) is 0 Å². The lowest BCUT2D eigenvalue weighted by Crippen LogP contribution is -2.46. The van der Waals surface area contributed by atoms with Gasteiger partial charge in [-0.3, -0.25) is 4.79 Å². The second kappa shape index (κ2) is 5.78. The molecule has 0 fully saturated rings. The van der Waals surface area contributed by atoms with Gasteiger partial charge in [-0.1, -0.05) is 54.6 Å². The fraction of sp³-hybridized carbons (Fsp3) is 0.136. The Labute approximate surface area is 147 Å². The molecule has 0 bridgehead atoms. The zero-order chi connectivity index (χ0) is 17.4. The SMILES string of the molecule is CNc1ccc(C2(c3ccccc3)C(=O)c3ccccc3N2C)cc1. The molecule has 1 heterocycles. The van der Waals surface area contributed by atoms with Crippen LogP contribution >= 0.6 is 0 Å². The number of nitrogens with one attached hydrogen (secondary N) is 1. The molecule has 1 aliphatic heterocycles. The van der Waals surface area contributed by atoms with Crippen molar-refractivity contribution in [2.75, 3.05) is 24.3 Å². The van der Waals surface area contributed by atoms with Gasteiger partial charge in [0.25, 0.3) is 0 Å². The lowest BCUT2D eigenvalue weighted by atomic mass is 9.78. The number of ketones is 1. The minimum Gasteiger partial charge on any atom is -0.388 e. The Kier molecular flexibility index (Phi) is 3.57. The molecule has 1 atom stereocenters. The quantitative estimate of drug-likeness (QED) is 0.778. The van der Waals surface area contributed by atoms with Crippen LogP contribution in [-0.2, 0) is 5.54 Å². The largest absolute Gasteiger partial charge is 0.388 e. The van der Waals surface area contributed by atoms with Crippen LogP contribution in [0, 0.1) is 0 Å². The van der Waals surface area contributed by atoms with Crippen LogP contribution in [0.2, 0.25) is 0 Å². The van der Waals surface area contributed by atoms with Crippen molar-refractivity contribution in [1.82, 2.24) is 0 Å². The van der Waals surface area contributed by atoms with Gasteiger partial charge in [-0.25, -0.2) is 0 Å². The molecule has 0 radical (unpaired) electrons. The minimum absolute atomic E-state index is 0.119. The maximum absolute atomic E-state index is 13.6. The molecular weight excluding hydrogens is 308 g/mol. The summed E-state index contributed by atoms with van der Waals surface area (Å²) in [5.74, 6) is 0.119. The van der Waals surface area contributed by atoms with E-state index in [2.05, 4.69) is 10.2 Å². The number of hydrogen-bond acceptors (Lipinski definition) is 3. The van der Waals surface area contributed by atoms with Crippen LogP contribution in [0.4, 0.5) is 11.4 Å². The van der Waals surface area contributed by atoms with E-state index in [4.69, 9.17) is 0 Å². The summed E-state index contributed by atoms with van der Waals surface area (Å²) in [6.07, 6.45) is 0. The highest BCUT2D eigenvalue weighted by Crippen LogP contribution is 2.48. The number of anilines is 2. The van der Waals surface area contributed by atoms with Crippen LogP contribution in [-0.4, -0.2) is 19.9 Å². The molecule has 4 rings (SSSR count). The first-order valence-electron chi connectivity index (χ1n) is 8.41. The van der Waals surface area contributed by atoms with Crippen molar-refractivity contribution < 1.29 is 4.79 Å². The topological polar surface area (TPSA) is 32.3 Å². The summed E-state index contributed by atoms with van der Waals surface area (Å²) in [6, 6.07) is 26.0. The Hall–Kier alpha value is -3.07. The number of benzene rings is 3. The van der Waals surface area contributed by atoms with Crippen LogP contribution in [0.15, 0.2) is 78.9 Å². The number of Topliss-reactive ketones (excluding diaryl/α,β-unsaturated/α-hetero) is 1. The molecule has 3 nitrogen and oxygen atoms in total. The molecule has 3 aromatic rings. The van der Waals surface area contributed by atoms with Gasteiger partial charge in [0.1, 0.15) is 0 Å². The molecular formula is C22H20N2O. The van der Waals surface area contributed by atoms with E-state index in [1.807, 2.05) is 93.0 Å². The maximum Gasteiger partial charge on any atom is 0.199 e. The van der Waals surface area contributed by atoms with Crippen LogP contribution in [0.5, 0.6) is 0 Å². The first-order valence-corrected chi connectivity index (χ1v) is 8.41. The Bertz CT molecular complexity index is 918. The average Bonchev–Trinajstić information content (AvgIpc) is 2.91. The monoisotopic (exact) mass is 328 g/mol. The van der Waals surface area contributed by atoms with Crippen molar-refractivity contribution in [2.45, 2.75) is 5.54 Å². The van der Waals surface area contributed by atoms with Gasteiger partial charge in [0, 0.05) is 31.0 Å². The van der Waals surface area contributed by atoms with Gasteiger partial charge in [-0.15, -0.1) is 0 Å². The molecule has 3 heteroatoms. The maximum atomic E-state index is 13.6. The lowest BCUT2D eigenvalue weighted by molar-refractivity contribution is 0.0928. The number of fused-ring (bicyclic) bond motifs is 1. The van der Waals surface area contributed by atoms with E-state index < -0.39 is 5.54 Å². The second-order valence-electron chi connectivity index (χ2n) is 6.31. The zero-order valence-electron chi connectivity index (χ0n) is 14.4. The van der Waals surface area contributed by atoms with Gasteiger partial charge in [0.15, 0.2) is 11.3 Å². The summed E-state index contributed by atoms with van der Waals surface area (Å²) in [4.78, 5) is 15.7. The number of para-hydroxylation sites is 1. The third kappa shape index (κ3) is 2.09. The van der Waals surface area contributed by atoms with Crippen molar-refractivity contribution >= 4 is 17.2 Å². The van der Waals surface area contributed by atoms with Gasteiger partial charge in [-0.05, 0) is 35.4 Å². The fourth-order valence-corrected chi connectivity index (χ4v) is 3.86. The molecule has 0 aliphatic carbocycles. The van der Waals surface area contributed by atoms with Gasteiger partial charge in [0.05, 0.1) is 0 Å².